The number of fused-ring (bicyclic) bond motifs is 1. The number of carbonyl (C=O) groups is 1. The molecular formula is C23H28ClN5O3. The molecule has 8 nitrogen and oxygen atoms in total. The molecule has 0 bridgehead atoms. The number of hydrogen-bond acceptors (Lipinski definition) is 6. The predicted molar refractivity (Wildman–Crippen MR) is 123 cm³/mol. The molecule has 1 atom stereocenters. The third-order valence-corrected chi connectivity index (χ3v) is 5.85. The van der Waals surface area contributed by atoms with E-state index in [0.29, 0.717) is 41.3 Å². The van der Waals surface area contributed by atoms with E-state index < -0.39 is 5.60 Å². The number of aromatic nitrogens is 4. The van der Waals surface area contributed by atoms with Gasteiger partial charge in [0.05, 0.1) is 23.6 Å². The summed E-state index contributed by atoms with van der Waals surface area (Å²) in [6.07, 6.45) is 7.05. The maximum atomic E-state index is 12.4. The number of hydrogen-bond donors (Lipinski definition) is 1. The predicted octanol–water partition coefficient (Wildman–Crippen LogP) is 4.81. The van der Waals surface area contributed by atoms with Crippen LogP contribution in [0.3, 0.4) is 0 Å². The number of nitrogens with zero attached hydrogens (tertiary/aromatic N) is 5. The molecule has 3 aromatic rings. The first kappa shape index (κ1) is 22.3. The second-order valence-electron chi connectivity index (χ2n) is 9.36. The van der Waals surface area contributed by atoms with Crippen LogP contribution in [0, 0.1) is 12.8 Å². The molecule has 1 unspecified atom stereocenters. The van der Waals surface area contributed by atoms with Crippen molar-refractivity contribution in [3.05, 3.63) is 35.2 Å². The van der Waals surface area contributed by atoms with Crippen molar-refractivity contribution in [2.75, 3.05) is 13.1 Å². The topological polar surface area (TPSA) is 93.4 Å². The minimum Gasteiger partial charge on any atom is -0.506 e. The first-order valence-electron chi connectivity index (χ1n) is 10.8. The number of rotatable bonds is 3. The third-order valence-electron chi connectivity index (χ3n) is 5.49. The number of aromatic hydroxyl groups is 1. The van der Waals surface area contributed by atoms with Crippen LogP contribution in [0.4, 0.5) is 4.79 Å². The molecule has 0 aliphatic carbocycles. The Bertz CT molecular complexity index is 1150. The zero-order valence-corrected chi connectivity index (χ0v) is 19.6. The van der Waals surface area contributed by atoms with Crippen molar-refractivity contribution in [2.24, 2.45) is 5.92 Å². The van der Waals surface area contributed by atoms with Crippen molar-refractivity contribution in [2.45, 2.75) is 52.7 Å². The van der Waals surface area contributed by atoms with Gasteiger partial charge in [0.2, 0.25) is 0 Å². The lowest BCUT2D eigenvalue weighted by molar-refractivity contribution is 0.0155. The zero-order chi connectivity index (χ0) is 23.0. The number of carbonyl (C=O) groups excluding carboxylic acids is 1. The number of piperidine rings is 1. The Morgan fingerprint density at radius 2 is 2.12 bits per heavy atom. The van der Waals surface area contributed by atoms with Crippen molar-refractivity contribution in [1.82, 2.24) is 24.6 Å². The van der Waals surface area contributed by atoms with E-state index in [2.05, 4.69) is 15.1 Å². The summed E-state index contributed by atoms with van der Waals surface area (Å²) in [7, 11) is 0. The summed E-state index contributed by atoms with van der Waals surface area (Å²) < 4.78 is 7.39. The number of benzene rings is 1. The van der Waals surface area contributed by atoms with E-state index in [-0.39, 0.29) is 16.9 Å². The molecule has 1 N–H and O–H groups in total. The van der Waals surface area contributed by atoms with Gasteiger partial charge < -0.3 is 14.7 Å². The smallest absolute Gasteiger partial charge is 0.410 e. The number of phenolic OH excluding ortho intramolecular Hbond substituents is 1. The van der Waals surface area contributed by atoms with Crippen LogP contribution >= 0.6 is 11.6 Å². The maximum Gasteiger partial charge on any atom is 0.410 e. The Morgan fingerprint density at radius 1 is 1.34 bits per heavy atom. The van der Waals surface area contributed by atoms with E-state index in [1.54, 1.807) is 30.3 Å². The molecule has 1 saturated heterocycles. The number of phenols is 1. The lowest BCUT2D eigenvalue weighted by Crippen LogP contribution is -2.43. The number of aryl methyl sites for hydroxylation is 1. The molecule has 170 valence electrons. The molecule has 1 fully saturated rings. The van der Waals surface area contributed by atoms with E-state index >= 15 is 0 Å². The Kier molecular flexibility index (Phi) is 5.99. The van der Waals surface area contributed by atoms with Gasteiger partial charge in [0.15, 0.2) is 0 Å². The van der Waals surface area contributed by atoms with Crippen molar-refractivity contribution in [1.29, 1.82) is 0 Å². The highest BCUT2D eigenvalue weighted by atomic mass is 35.5. The van der Waals surface area contributed by atoms with Gasteiger partial charge in [-0.05, 0) is 58.1 Å². The van der Waals surface area contributed by atoms with Gasteiger partial charge in [0.1, 0.15) is 21.9 Å². The largest absolute Gasteiger partial charge is 0.506 e. The van der Waals surface area contributed by atoms with E-state index in [1.807, 2.05) is 31.6 Å². The van der Waals surface area contributed by atoms with Crippen molar-refractivity contribution in [3.8, 4) is 17.0 Å². The van der Waals surface area contributed by atoms with E-state index in [4.69, 9.17) is 16.3 Å². The maximum absolute atomic E-state index is 12.4. The minimum atomic E-state index is -0.500. The standard InChI is InChI=1S/C23H28ClN5O3/c1-14-8-17-20(19(24)21(14)30)27-18(10-25-17)16-9-26-29(13-16)12-15-6-5-7-28(11-15)22(31)32-23(2,3)4/h8-10,13,15,30H,5-7,11-12H2,1-4H3. The van der Waals surface area contributed by atoms with Crippen LogP contribution in [0.15, 0.2) is 24.7 Å². The highest BCUT2D eigenvalue weighted by Gasteiger charge is 2.28. The van der Waals surface area contributed by atoms with Crippen LogP contribution < -0.4 is 0 Å². The number of likely N-dealkylation sites (tertiary alicyclic amines) is 1. The average Bonchev–Trinajstić information content (AvgIpc) is 3.19. The Labute approximate surface area is 192 Å². The summed E-state index contributed by atoms with van der Waals surface area (Å²) in [6, 6.07) is 1.76. The van der Waals surface area contributed by atoms with Gasteiger partial charge in [-0.15, -0.1) is 0 Å². The molecule has 32 heavy (non-hydrogen) atoms. The summed E-state index contributed by atoms with van der Waals surface area (Å²) >= 11 is 6.29. The number of ether oxygens (including phenoxy) is 1. The minimum absolute atomic E-state index is 0.0214. The van der Waals surface area contributed by atoms with Gasteiger partial charge in [-0.3, -0.25) is 9.67 Å². The van der Waals surface area contributed by atoms with Gasteiger partial charge in [0, 0.05) is 31.4 Å². The molecule has 1 aliphatic rings. The Morgan fingerprint density at radius 3 is 2.88 bits per heavy atom. The summed E-state index contributed by atoms with van der Waals surface area (Å²) in [6.45, 7) is 9.47. The summed E-state index contributed by atoms with van der Waals surface area (Å²) in [5.74, 6) is 0.314. The Hall–Kier alpha value is -2.87. The zero-order valence-electron chi connectivity index (χ0n) is 18.8. The monoisotopic (exact) mass is 457 g/mol. The van der Waals surface area contributed by atoms with Gasteiger partial charge in [-0.2, -0.15) is 5.10 Å². The molecule has 4 rings (SSSR count). The molecule has 1 amide bonds. The van der Waals surface area contributed by atoms with E-state index in [0.717, 1.165) is 24.9 Å². The highest BCUT2D eigenvalue weighted by molar-refractivity contribution is 6.36. The molecule has 3 heterocycles. The van der Waals surface area contributed by atoms with Gasteiger partial charge >= 0.3 is 6.09 Å². The highest BCUT2D eigenvalue weighted by Crippen LogP contribution is 2.34. The number of amides is 1. The van der Waals surface area contributed by atoms with Gasteiger partial charge in [0.25, 0.3) is 0 Å². The molecule has 2 aromatic heterocycles. The average molecular weight is 458 g/mol. The SMILES string of the molecule is Cc1cc2ncc(-c3cnn(CC4CCCN(C(=O)OC(C)(C)C)C4)c3)nc2c(Cl)c1O. The van der Waals surface area contributed by atoms with E-state index in [9.17, 15) is 9.90 Å². The van der Waals surface area contributed by atoms with Crippen LogP contribution in [0.2, 0.25) is 5.02 Å². The van der Waals surface area contributed by atoms with Crippen molar-refractivity contribution < 1.29 is 14.6 Å². The van der Waals surface area contributed by atoms with Crippen LogP contribution in [-0.2, 0) is 11.3 Å². The first-order chi connectivity index (χ1) is 15.1. The molecule has 1 aromatic carbocycles. The third kappa shape index (κ3) is 4.80. The second kappa shape index (κ2) is 8.58. The fourth-order valence-corrected chi connectivity index (χ4v) is 4.22. The first-order valence-corrected chi connectivity index (χ1v) is 11.1. The lowest BCUT2D eigenvalue weighted by Gasteiger charge is -2.34. The van der Waals surface area contributed by atoms with Crippen LogP contribution in [-0.4, -0.2) is 54.5 Å². The summed E-state index contributed by atoms with van der Waals surface area (Å²) in [5, 5.41) is 14.8. The van der Waals surface area contributed by atoms with E-state index in [1.165, 1.54) is 0 Å². The Balaban J connectivity index is 1.48. The van der Waals surface area contributed by atoms with Crippen LogP contribution in [0.5, 0.6) is 5.75 Å². The van der Waals surface area contributed by atoms with Crippen molar-refractivity contribution >= 4 is 28.7 Å². The quantitative estimate of drug-likeness (QED) is 0.606. The van der Waals surface area contributed by atoms with Crippen LogP contribution in [0.25, 0.3) is 22.3 Å². The molecular weight excluding hydrogens is 430 g/mol. The van der Waals surface area contributed by atoms with Crippen LogP contribution in [0.1, 0.15) is 39.2 Å². The molecule has 0 radical (unpaired) electrons. The fraction of sp³-hybridized carbons (Fsp3) is 0.478. The normalized spacial score (nSPS) is 17.0. The molecule has 0 saturated carbocycles. The fourth-order valence-electron chi connectivity index (χ4n) is 3.93. The summed E-state index contributed by atoms with van der Waals surface area (Å²) in [4.78, 5) is 23.3. The lowest BCUT2D eigenvalue weighted by atomic mass is 9.98. The summed E-state index contributed by atoms with van der Waals surface area (Å²) in [5.41, 5.74) is 2.69. The molecule has 0 spiro atoms. The van der Waals surface area contributed by atoms with Crippen molar-refractivity contribution in [3.63, 3.8) is 0 Å². The molecule has 9 heteroatoms. The van der Waals surface area contributed by atoms with Gasteiger partial charge in [-0.1, -0.05) is 11.6 Å². The molecule has 1 aliphatic heterocycles. The van der Waals surface area contributed by atoms with Gasteiger partial charge in [-0.25, -0.2) is 9.78 Å². The number of halogens is 1. The second-order valence-corrected chi connectivity index (χ2v) is 9.74.